The highest BCUT2D eigenvalue weighted by Crippen LogP contribution is 2.36. The Hall–Kier alpha value is -1.58. The van der Waals surface area contributed by atoms with E-state index in [1.807, 2.05) is 48.5 Å². The lowest BCUT2D eigenvalue weighted by Gasteiger charge is -2.32. The fourth-order valence-corrected chi connectivity index (χ4v) is 2.03. The van der Waals surface area contributed by atoms with E-state index in [0.29, 0.717) is 11.4 Å². The van der Waals surface area contributed by atoms with Crippen molar-refractivity contribution in [3.8, 4) is 11.9 Å². The highest BCUT2D eigenvalue weighted by molar-refractivity contribution is 6.62. The van der Waals surface area contributed by atoms with Crippen LogP contribution in [0.25, 0.3) is 0 Å². The first-order valence-corrected chi connectivity index (χ1v) is 7.40. The Balaban J connectivity index is 2.30. The predicted molar refractivity (Wildman–Crippen MR) is 85.0 cm³/mol. The van der Waals surface area contributed by atoms with E-state index in [1.54, 1.807) is 12.3 Å². The number of hydrogen-bond donors (Lipinski definition) is 0. The van der Waals surface area contributed by atoms with Crippen LogP contribution in [-0.4, -0.2) is 28.9 Å². The van der Waals surface area contributed by atoms with Crippen molar-refractivity contribution in [2.24, 2.45) is 0 Å². The quantitative estimate of drug-likeness (QED) is 0.785. The van der Waals surface area contributed by atoms with Crippen LogP contribution in [0.2, 0.25) is 0 Å². The van der Waals surface area contributed by atoms with Gasteiger partial charge in [0.1, 0.15) is 17.2 Å². The van der Waals surface area contributed by atoms with Gasteiger partial charge in [-0.05, 0) is 54.5 Å². The van der Waals surface area contributed by atoms with Gasteiger partial charge in [-0.25, -0.2) is 4.98 Å². The molecule has 0 N–H and O–H groups in total. The molecule has 0 bridgehead atoms. The van der Waals surface area contributed by atoms with E-state index >= 15 is 0 Å². The van der Waals surface area contributed by atoms with E-state index in [4.69, 9.17) is 14.0 Å². The van der Waals surface area contributed by atoms with Crippen molar-refractivity contribution >= 4 is 12.6 Å². The monoisotopic (exact) mass is 302 g/mol. The molecule has 6 heteroatoms. The Labute approximate surface area is 132 Å². The minimum Gasteiger partial charge on any atom is -0.471 e. The van der Waals surface area contributed by atoms with Gasteiger partial charge in [0, 0.05) is 11.7 Å². The summed E-state index contributed by atoms with van der Waals surface area (Å²) in [4.78, 5) is 4.27. The van der Waals surface area contributed by atoms with Gasteiger partial charge in [0.05, 0.1) is 11.2 Å². The van der Waals surface area contributed by atoms with Crippen molar-refractivity contribution in [1.29, 1.82) is 5.26 Å². The third-order valence-electron chi connectivity index (χ3n) is 3.92. The van der Waals surface area contributed by atoms with Crippen LogP contribution in [0.3, 0.4) is 0 Å². The van der Waals surface area contributed by atoms with Gasteiger partial charge in [-0.3, -0.25) is 0 Å². The van der Waals surface area contributed by atoms with E-state index in [-0.39, 0.29) is 0 Å². The van der Waals surface area contributed by atoms with Crippen LogP contribution in [0.5, 0.6) is 5.88 Å². The highest BCUT2D eigenvalue weighted by atomic mass is 16.7. The summed E-state index contributed by atoms with van der Waals surface area (Å²) < 4.78 is 17.7. The molecule has 1 aliphatic heterocycles. The Morgan fingerprint density at radius 2 is 1.73 bits per heavy atom. The predicted octanol–water partition coefficient (Wildman–Crippen LogP) is 2.43. The molecule has 5 nitrogen and oxygen atoms in total. The van der Waals surface area contributed by atoms with Crippen LogP contribution >= 0.6 is 0 Å². The highest BCUT2D eigenvalue weighted by Gasteiger charge is 2.51. The van der Waals surface area contributed by atoms with E-state index in [0.717, 1.165) is 5.46 Å². The molecular weight excluding hydrogens is 279 g/mol. The zero-order valence-electron chi connectivity index (χ0n) is 14.4. The van der Waals surface area contributed by atoms with Gasteiger partial charge in [0.15, 0.2) is 0 Å². The maximum atomic E-state index is 9.34. The number of hydrogen-bond acceptors (Lipinski definition) is 5. The summed E-state index contributed by atoms with van der Waals surface area (Å²) in [6.45, 7) is 13.7. The molecule has 2 heterocycles. The zero-order valence-corrected chi connectivity index (χ0v) is 14.4. The summed E-state index contributed by atoms with van der Waals surface area (Å²) >= 11 is 0. The standard InChI is InChI=1S/C16H23BN2O3/c1-14(2,3)20-13-11(9-18)8-12(10-19-13)17-21-15(4,5)16(6,7)22-17/h8,10H,1-7H3. The van der Waals surface area contributed by atoms with Crippen LogP contribution in [0.15, 0.2) is 12.3 Å². The maximum absolute atomic E-state index is 9.34. The van der Waals surface area contributed by atoms with Gasteiger partial charge >= 0.3 is 7.12 Å². The molecule has 1 saturated heterocycles. The van der Waals surface area contributed by atoms with Crippen molar-refractivity contribution in [3.63, 3.8) is 0 Å². The van der Waals surface area contributed by atoms with Gasteiger partial charge in [0.25, 0.3) is 0 Å². The average molecular weight is 302 g/mol. The Bertz CT molecular complexity index is 599. The third kappa shape index (κ3) is 3.26. The molecule has 0 amide bonds. The molecule has 1 aliphatic rings. The summed E-state index contributed by atoms with van der Waals surface area (Å²) in [5, 5.41) is 9.34. The van der Waals surface area contributed by atoms with Crippen molar-refractivity contribution in [2.75, 3.05) is 0 Å². The molecule has 118 valence electrons. The Morgan fingerprint density at radius 1 is 1.18 bits per heavy atom. The lowest BCUT2D eigenvalue weighted by atomic mass is 9.80. The third-order valence-corrected chi connectivity index (χ3v) is 3.92. The minimum atomic E-state index is -0.534. The summed E-state index contributed by atoms with van der Waals surface area (Å²) in [5.74, 6) is 0.329. The van der Waals surface area contributed by atoms with E-state index in [9.17, 15) is 5.26 Å². The van der Waals surface area contributed by atoms with Crippen LogP contribution in [-0.2, 0) is 9.31 Å². The number of pyridine rings is 1. The summed E-state index contributed by atoms with van der Waals surface area (Å²) in [6.07, 6.45) is 1.64. The first-order chi connectivity index (χ1) is 9.95. The Morgan fingerprint density at radius 3 is 2.18 bits per heavy atom. The van der Waals surface area contributed by atoms with Crippen LogP contribution in [0, 0.1) is 11.3 Å². The second-order valence-corrected chi connectivity index (χ2v) is 7.54. The number of ether oxygens (including phenoxy) is 1. The molecule has 0 aromatic carbocycles. The molecular formula is C16H23BN2O3. The number of nitriles is 1. The molecule has 0 unspecified atom stereocenters. The van der Waals surface area contributed by atoms with Gasteiger partial charge in [-0.15, -0.1) is 0 Å². The van der Waals surface area contributed by atoms with Crippen molar-refractivity contribution < 1.29 is 14.0 Å². The van der Waals surface area contributed by atoms with Crippen LogP contribution < -0.4 is 10.2 Å². The van der Waals surface area contributed by atoms with Crippen molar-refractivity contribution in [1.82, 2.24) is 4.98 Å². The molecule has 0 spiro atoms. The first-order valence-electron chi connectivity index (χ1n) is 7.40. The molecule has 1 aromatic rings. The van der Waals surface area contributed by atoms with Crippen LogP contribution in [0.1, 0.15) is 54.0 Å². The second-order valence-electron chi connectivity index (χ2n) is 7.54. The van der Waals surface area contributed by atoms with Gasteiger partial charge < -0.3 is 14.0 Å². The molecule has 2 rings (SSSR count). The van der Waals surface area contributed by atoms with E-state index in [2.05, 4.69) is 11.1 Å². The number of aromatic nitrogens is 1. The van der Waals surface area contributed by atoms with E-state index < -0.39 is 23.9 Å². The molecule has 0 saturated carbocycles. The zero-order chi connectivity index (χ0) is 16.8. The molecule has 1 fully saturated rings. The lowest BCUT2D eigenvalue weighted by Crippen LogP contribution is -2.41. The summed E-state index contributed by atoms with van der Waals surface area (Å²) in [5.41, 5.74) is -0.167. The maximum Gasteiger partial charge on any atom is 0.496 e. The fourth-order valence-electron chi connectivity index (χ4n) is 2.03. The smallest absolute Gasteiger partial charge is 0.471 e. The van der Waals surface area contributed by atoms with Crippen LogP contribution in [0.4, 0.5) is 0 Å². The Kier molecular flexibility index (Phi) is 4.01. The summed E-state index contributed by atoms with van der Waals surface area (Å²) in [7, 11) is -0.534. The number of rotatable bonds is 2. The lowest BCUT2D eigenvalue weighted by molar-refractivity contribution is 0.00578. The molecule has 0 atom stereocenters. The SMILES string of the molecule is CC(C)(C)Oc1ncc(B2OC(C)(C)C(C)(C)O2)cc1C#N. The van der Waals surface area contributed by atoms with E-state index in [1.165, 1.54) is 0 Å². The number of nitrogens with zero attached hydrogens (tertiary/aromatic N) is 2. The van der Waals surface area contributed by atoms with Crippen molar-refractivity contribution in [3.05, 3.63) is 17.8 Å². The second kappa shape index (κ2) is 5.25. The normalized spacial score (nSPS) is 19.8. The first kappa shape index (κ1) is 16.8. The van der Waals surface area contributed by atoms with Gasteiger partial charge in [-0.1, -0.05) is 0 Å². The molecule has 1 aromatic heterocycles. The molecule has 0 radical (unpaired) electrons. The average Bonchev–Trinajstić information content (AvgIpc) is 2.57. The van der Waals surface area contributed by atoms with Crippen molar-refractivity contribution in [2.45, 2.75) is 65.3 Å². The van der Waals surface area contributed by atoms with Gasteiger partial charge in [0.2, 0.25) is 5.88 Å². The minimum absolute atomic E-state index is 0.329. The fraction of sp³-hybridized carbons (Fsp3) is 0.625. The largest absolute Gasteiger partial charge is 0.496 e. The van der Waals surface area contributed by atoms with Gasteiger partial charge in [-0.2, -0.15) is 5.26 Å². The topological polar surface area (TPSA) is 64.4 Å². The summed E-state index contributed by atoms with van der Waals surface area (Å²) in [6, 6.07) is 3.84. The molecule has 22 heavy (non-hydrogen) atoms. The molecule has 0 aliphatic carbocycles.